The highest BCUT2D eigenvalue weighted by Gasteiger charge is 2.26. The highest BCUT2D eigenvalue weighted by atomic mass is 16.5. The van der Waals surface area contributed by atoms with Crippen LogP contribution in [0.5, 0.6) is 11.5 Å². The maximum Gasteiger partial charge on any atom is 0.260 e. The average molecular weight is 408 g/mol. The SMILES string of the molecule is CC(Oc1ccc(O)cc1)C(=O)NC1CCN(C(=O)c2ccc3nc[nH]c3c2)CC1. The zero-order valence-corrected chi connectivity index (χ0v) is 16.7. The van der Waals surface area contributed by atoms with Crippen LogP contribution in [0.4, 0.5) is 0 Å². The van der Waals surface area contributed by atoms with Gasteiger partial charge < -0.3 is 25.0 Å². The van der Waals surface area contributed by atoms with Crippen molar-refractivity contribution in [1.82, 2.24) is 20.2 Å². The number of nitrogens with one attached hydrogen (secondary N) is 2. The minimum Gasteiger partial charge on any atom is -0.508 e. The van der Waals surface area contributed by atoms with E-state index in [4.69, 9.17) is 4.74 Å². The van der Waals surface area contributed by atoms with Gasteiger partial charge in [0.05, 0.1) is 17.4 Å². The van der Waals surface area contributed by atoms with Crippen LogP contribution >= 0.6 is 0 Å². The Labute approximate surface area is 173 Å². The van der Waals surface area contributed by atoms with Crippen LogP contribution < -0.4 is 10.1 Å². The topological polar surface area (TPSA) is 108 Å². The number of rotatable bonds is 5. The molecule has 0 spiro atoms. The number of aromatic amines is 1. The predicted molar refractivity (Wildman–Crippen MR) is 111 cm³/mol. The van der Waals surface area contributed by atoms with Gasteiger partial charge in [0.2, 0.25) is 0 Å². The normalized spacial score (nSPS) is 15.7. The van der Waals surface area contributed by atoms with Crippen LogP contribution in [-0.4, -0.2) is 57.0 Å². The fraction of sp³-hybridized carbons (Fsp3) is 0.318. The molecule has 0 radical (unpaired) electrons. The first-order valence-corrected chi connectivity index (χ1v) is 9.98. The molecule has 1 fully saturated rings. The fourth-order valence-electron chi connectivity index (χ4n) is 3.58. The van der Waals surface area contributed by atoms with Crippen molar-refractivity contribution in [2.45, 2.75) is 31.9 Å². The molecule has 2 heterocycles. The molecule has 1 aromatic heterocycles. The van der Waals surface area contributed by atoms with E-state index in [-0.39, 0.29) is 23.6 Å². The highest BCUT2D eigenvalue weighted by Crippen LogP contribution is 2.19. The average Bonchev–Trinajstić information content (AvgIpc) is 3.23. The first-order chi connectivity index (χ1) is 14.5. The lowest BCUT2D eigenvalue weighted by molar-refractivity contribution is -0.128. The number of aromatic nitrogens is 2. The number of likely N-dealkylation sites (tertiary alicyclic amines) is 1. The van der Waals surface area contributed by atoms with Crippen molar-refractivity contribution < 1.29 is 19.4 Å². The summed E-state index contributed by atoms with van der Waals surface area (Å²) in [6.07, 6.45) is 2.33. The summed E-state index contributed by atoms with van der Waals surface area (Å²) in [6, 6.07) is 11.7. The van der Waals surface area contributed by atoms with Gasteiger partial charge >= 0.3 is 0 Å². The number of phenols is 1. The van der Waals surface area contributed by atoms with Crippen LogP contribution in [0.25, 0.3) is 11.0 Å². The van der Waals surface area contributed by atoms with Crippen molar-refractivity contribution >= 4 is 22.8 Å². The van der Waals surface area contributed by atoms with Gasteiger partial charge in [0, 0.05) is 24.7 Å². The highest BCUT2D eigenvalue weighted by molar-refractivity contribution is 5.97. The molecule has 2 aromatic carbocycles. The monoisotopic (exact) mass is 408 g/mol. The third-order valence-electron chi connectivity index (χ3n) is 5.31. The van der Waals surface area contributed by atoms with Crippen molar-refractivity contribution in [2.24, 2.45) is 0 Å². The van der Waals surface area contributed by atoms with Gasteiger partial charge in [0.25, 0.3) is 11.8 Å². The van der Waals surface area contributed by atoms with Gasteiger partial charge in [-0.25, -0.2) is 4.98 Å². The van der Waals surface area contributed by atoms with Gasteiger partial charge in [-0.2, -0.15) is 0 Å². The number of ether oxygens (including phenoxy) is 1. The summed E-state index contributed by atoms with van der Waals surface area (Å²) in [6.45, 7) is 2.85. The number of imidazole rings is 1. The number of nitrogens with zero attached hydrogens (tertiary/aromatic N) is 2. The molecule has 8 heteroatoms. The molecule has 156 valence electrons. The van der Waals surface area contributed by atoms with Crippen LogP contribution in [0, 0.1) is 0 Å². The van der Waals surface area contributed by atoms with Gasteiger partial charge in [-0.15, -0.1) is 0 Å². The van der Waals surface area contributed by atoms with E-state index < -0.39 is 6.10 Å². The van der Waals surface area contributed by atoms with Crippen molar-refractivity contribution in [3.63, 3.8) is 0 Å². The Morgan fingerprint density at radius 1 is 1.20 bits per heavy atom. The first kappa shape index (κ1) is 19.8. The molecule has 0 bridgehead atoms. The molecule has 1 atom stereocenters. The number of H-pyrrole nitrogens is 1. The number of fused-ring (bicyclic) bond motifs is 1. The summed E-state index contributed by atoms with van der Waals surface area (Å²) < 4.78 is 5.62. The van der Waals surface area contributed by atoms with Crippen molar-refractivity contribution in [1.29, 1.82) is 0 Å². The van der Waals surface area contributed by atoms with E-state index in [9.17, 15) is 14.7 Å². The number of carbonyl (C=O) groups excluding carboxylic acids is 2. The molecule has 4 rings (SSSR count). The summed E-state index contributed by atoms with van der Waals surface area (Å²) >= 11 is 0. The number of amides is 2. The smallest absolute Gasteiger partial charge is 0.260 e. The third-order valence-corrected chi connectivity index (χ3v) is 5.31. The summed E-state index contributed by atoms with van der Waals surface area (Å²) in [4.78, 5) is 34.2. The molecule has 0 saturated carbocycles. The number of hydrogen-bond donors (Lipinski definition) is 3. The molecule has 30 heavy (non-hydrogen) atoms. The Hall–Kier alpha value is -3.55. The fourth-order valence-corrected chi connectivity index (χ4v) is 3.58. The summed E-state index contributed by atoms with van der Waals surface area (Å²) in [5.74, 6) is 0.452. The molecule has 1 unspecified atom stereocenters. The van der Waals surface area contributed by atoms with E-state index in [1.165, 1.54) is 12.1 Å². The predicted octanol–water partition coefficient (Wildman–Crippen LogP) is 2.46. The maximum atomic E-state index is 12.8. The maximum absolute atomic E-state index is 12.8. The molecule has 2 amide bonds. The largest absolute Gasteiger partial charge is 0.508 e. The zero-order valence-electron chi connectivity index (χ0n) is 16.7. The Balaban J connectivity index is 1.27. The van der Waals surface area contributed by atoms with E-state index in [0.717, 1.165) is 11.0 Å². The summed E-state index contributed by atoms with van der Waals surface area (Å²) in [5, 5.41) is 12.3. The zero-order chi connectivity index (χ0) is 21.1. The molecular formula is C22H24N4O4. The lowest BCUT2D eigenvalue weighted by Gasteiger charge is -2.33. The van der Waals surface area contributed by atoms with Crippen molar-refractivity contribution in [3.05, 3.63) is 54.4 Å². The number of aromatic hydroxyl groups is 1. The summed E-state index contributed by atoms with van der Waals surface area (Å²) in [5.41, 5.74) is 2.30. The molecule has 8 nitrogen and oxygen atoms in total. The van der Waals surface area contributed by atoms with Crippen LogP contribution in [-0.2, 0) is 4.79 Å². The van der Waals surface area contributed by atoms with Gasteiger partial charge in [0.15, 0.2) is 6.10 Å². The molecule has 3 aromatic rings. The number of piperidine rings is 1. The molecule has 0 aliphatic carbocycles. The molecule has 3 N–H and O–H groups in total. The molecule has 1 aliphatic heterocycles. The summed E-state index contributed by atoms with van der Waals surface area (Å²) in [7, 11) is 0. The number of phenolic OH excluding ortho intramolecular Hbond substituents is 1. The number of carbonyl (C=O) groups is 2. The van der Waals surface area contributed by atoms with E-state index >= 15 is 0 Å². The van der Waals surface area contributed by atoms with Gasteiger partial charge in [-0.05, 0) is 62.2 Å². The molecule has 1 aliphatic rings. The van der Waals surface area contributed by atoms with Gasteiger partial charge in [-0.1, -0.05) is 0 Å². The lowest BCUT2D eigenvalue weighted by atomic mass is 10.0. The van der Waals surface area contributed by atoms with Crippen LogP contribution in [0.3, 0.4) is 0 Å². The van der Waals surface area contributed by atoms with E-state index in [2.05, 4.69) is 15.3 Å². The lowest BCUT2D eigenvalue weighted by Crippen LogP contribution is -2.49. The second kappa shape index (κ2) is 8.44. The van der Waals surface area contributed by atoms with E-state index in [1.807, 2.05) is 17.0 Å². The second-order valence-electron chi connectivity index (χ2n) is 7.46. The van der Waals surface area contributed by atoms with Crippen LogP contribution in [0.1, 0.15) is 30.1 Å². The first-order valence-electron chi connectivity index (χ1n) is 9.98. The Kier molecular flexibility index (Phi) is 5.56. The minimum absolute atomic E-state index is 0.00232. The number of hydrogen-bond acceptors (Lipinski definition) is 5. The van der Waals surface area contributed by atoms with E-state index in [0.29, 0.717) is 37.2 Å². The van der Waals surface area contributed by atoms with Crippen LogP contribution in [0.2, 0.25) is 0 Å². The van der Waals surface area contributed by atoms with Gasteiger partial charge in [0.1, 0.15) is 11.5 Å². The standard InChI is InChI=1S/C22H24N4O4/c1-14(30-18-5-3-17(27)4-6-18)21(28)25-16-8-10-26(11-9-16)22(29)15-2-7-19-20(12-15)24-13-23-19/h2-7,12-14,16,27H,8-11H2,1H3,(H,23,24)(H,25,28). The minimum atomic E-state index is -0.657. The number of benzene rings is 2. The molecule has 1 saturated heterocycles. The Bertz CT molecular complexity index is 1040. The van der Waals surface area contributed by atoms with E-state index in [1.54, 1.807) is 31.5 Å². The Morgan fingerprint density at radius 3 is 2.67 bits per heavy atom. The van der Waals surface area contributed by atoms with Crippen LogP contribution in [0.15, 0.2) is 48.8 Å². The quantitative estimate of drug-likeness (QED) is 0.601. The third kappa shape index (κ3) is 4.37. The Morgan fingerprint density at radius 2 is 1.93 bits per heavy atom. The van der Waals surface area contributed by atoms with Crippen molar-refractivity contribution in [2.75, 3.05) is 13.1 Å². The van der Waals surface area contributed by atoms with Crippen molar-refractivity contribution in [3.8, 4) is 11.5 Å². The van der Waals surface area contributed by atoms with Gasteiger partial charge in [-0.3, -0.25) is 9.59 Å². The second-order valence-corrected chi connectivity index (χ2v) is 7.46. The molecular weight excluding hydrogens is 384 g/mol.